The molecule has 176 valence electrons. The molecule has 0 saturated carbocycles. The van der Waals surface area contributed by atoms with Crippen molar-refractivity contribution in [3.63, 3.8) is 0 Å². The Hall–Kier alpha value is -3.72. The van der Waals surface area contributed by atoms with Crippen LogP contribution in [0.15, 0.2) is 54.6 Å². The number of halogens is 1. The number of esters is 1. The molecule has 9 nitrogen and oxygen atoms in total. The van der Waals surface area contributed by atoms with Crippen LogP contribution in [-0.4, -0.2) is 51.2 Å². The van der Waals surface area contributed by atoms with E-state index in [-0.39, 0.29) is 36.4 Å². The fraction of sp³-hybridized carbons (Fsp3) is 0.292. The molecule has 0 radical (unpaired) electrons. The van der Waals surface area contributed by atoms with Crippen molar-refractivity contribution in [2.24, 2.45) is 5.92 Å². The molecular weight excluding hydrogens is 460 g/mol. The van der Waals surface area contributed by atoms with E-state index in [2.05, 4.69) is 5.10 Å². The molecule has 2 aromatic carbocycles. The van der Waals surface area contributed by atoms with Crippen LogP contribution in [-0.2, 0) is 9.53 Å². The number of nitrogens with zero attached hydrogens (tertiary/aromatic N) is 4. The van der Waals surface area contributed by atoms with Gasteiger partial charge >= 0.3 is 5.97 Å². The van der Waals surface area contributed by atoms with Gasteiger partial charge in [0.15, 0.2) is 0 Å². The van der Waals surface area contributed by atoms with Crippen LogP contribution >= 0.6 is 11.6 Å². The summed E-state index contributed by atoms with van der Waals surface area (Å²) in [5.41, 5.74) is 1.56. The van der Waals surface area contributed by atoms with Crippen LogP contribution in [0.4, 0.5) is 5.69 Å². The Morgan fingerprint density at radius 2 is 2.00 bits per heavy atom. The number of benzene rings is 2. The zero-order valence-electron chi connectivity index (χ0n) is 18.5. The lowest BCUT2D eigenvalue weighted by Gasteiger charge is -2.31. The number of aromatic nitrogens is 2. The second-order valence-corrected chi connectivity index (χ2v) is 8.33. The summed E-state index contributed by atoms with van der Waals surface area (Å²) >= 11 is 6.36. The van der Waals surface area contributed by atoms with Crippen LogP contribution < -0.4 is 0 Å². The van der Waals surface area contributed by atoms with Gasteiger partial charge in [0, 0.05) is 30.8 Å². The highest BCUT2D eigenvalue weighted by Crippen LogP contribution is 2.30. The van der Waals surface area contributed by atoms with Crippen molar-refractivity contribution >= 4 is 29.2 Å². The molecule has 1 aliphatic heterocycles. The zero-order chi connectivity index (χ0) is 24.2. The number of nitro groups is 1. The molecule has 1 aliphatic rings. The number of hydrogen-bond acceptors (Lipinski definition) is 6. The second kappa shape index (κ2) is 10.0. The molecule has 3 aromatic rings. The number of likely N-dealkylation sites (tertiary alicyclic amines) is 1. The molecule has 2 heterocycles. The number of carbonyl (C=O) groups excluding carboxylic acids is 2. The van der Waals surface area contributed by atoms with Gasteiger partial charge in [0.05, 0.1) is 33.9 Å². The first-order valence-corrected chi connectivity index (χ1v) is 11.3. The topological polar surface area (TPSA) is 108 Å². The van der Waals surface area contributed by atoms with Crippen molar-refractivity contribution in [2.75, 3.05) is 19.7 Å². The molecule has 1 fully saturated rings. The molecule has 0 N–H and O–H groups in total. The lowest BCUT2D eigenvalue weighted by Crippen LogP contribution is -2.43. The van der Waals surface area contributed by atoms with Gasteiger partial charge in [-0.3, -0.25) is 19.7 Å². The Kier molecular flexibility index (Phi) is 6.93. The molecule has 0 spiro atoms. The van der Waals surface area contributed by atoms with Crippen LogP contribution in [0.25, 0.3) is 16.9 Å². The van der Waals surface area contributed by atoms with Crippen LogP contribution in [0.1, 0.15) is 30.3 Å². The van der Waals surface area contributed by atoms with E-state index in [1.165, 1.54) is 22.9 Å². The van der Waals surface area contributed by atoms with E-state index in [1.807, 2.05) is 6.07 Å². The summed E-state index contributed by atoms with van der Waals surface area (Å²) in [5, 5.41) is 16.4. The largest absolute Gasteiger partial charge is 0.466 e. The zero-order valence-corrected chi connectivity index (χ0v) is 19.3. The van der Waals surface area contributed by atoms with Gasteiger partial charge in [-0.25, -0.2) is 4.68 Å². The fourth-order valence-corrected chi connectivity index (χ4v) is 4.28. The highest BCUT2D eigenvalue weighted by molar-refractivity contribution is 6.33. The maximum atomic E-state index is 13.6. The second-order valence-electron chi connectivity index (χ2n) is 7.93. The first kappa shape index (κ1) is 23.4. The Balaban J connectivity index is 1.75. The van der Waals surface area contributed by atoms with E-state index in [9.17, 15) is 19.7 Å². The van der Waals surface area contributed by atoms with Gasteiger partial charge in [-0.2, -0.15) is 5.10 Å². The van der Waals surface area contributed by atoms with E-state index < -0.39 is 10.8 Å². The van der Waals surface area contributed by atoms with Gasteiger partial charge in [0.2, 0.25) is 0 Å². The summed E-state index contributed by atoms with van der Waals surface area (Å²) < 4.78 is 6.54. The minimum Gasteiger partial charge on any atom is -0.466 e. The third-order valence-electron chi connectivity index (χ3n) is 5.69. The van der Waals surface area contributed by atoms with E-state index in [1.54, 1.807) is 42.2 Å². The van der Waals surface area contributed by atoms with Crippen molar-refractivity contribution < 1.29 is 19.2 Å². The minimum atomic E-state index is -0.502. The molecule has 1 saturated heterocycles. The van der Waals surface area contributed by atoms with E-state index in [0.717, 1.165) is 0 Å². The predicted octanol–water partition coefficient (Wildman–Crippen LogP) is 4.52. The summed E-state index contributed by atoms with van der Waals surface area (Å²) in [6, 6.07) is 14.6. The Bertz CT molecular complexity index is 1240. The average molecular weight is 483 g/mol. The van der Waals surface area contributed by atoms with Crippen LogP contribution in [0.3, 0.4) is 0 Å². The predicted molar refractivity (Wildman–Crippen MR) is 126 cm³/mol. The third-order valence-corrected chi connectivity index (χ3v) is 6.02. The van der Waals surface area contributed by atoms with Gasteiger partial charge in [-0.15, -0.1) is 0 Å². The number of ether oxygens (including phenoxy) is 1. The van der Waals surface area contributed by atoms with E-state index in [0.29, 0.717) is 41.4 Å². The van der Waals surface area contributed by atoms with Crippen LogP contribution in [0.2, 0.25) is 5.02 Å². The van der Waals surface area contributed by atoms with Crippen LogP contribution in [0.5, 0.6) is 0 Å². The molecule has 1 unspecified atom stereocenters. The molecule has 34 heavy (non-hydrogen) atoms. The van der Waals surface area contributed by atoms with Crippen molar-refractivity contribution in [1.29, 1.82) is 0 Å². The first-order chi connectivity index (χ1) is 16.4. The lowest BCUT2D eigenvalue weighted by atomic mass is 9.98. The molecule has 1 aromatic heterocycles. The lowest BCUT2D eigenvalue weighted by molar-refractivity contribution is -0.384. The highest BCUT2D eigenvalue weighted by atomic mass is 35.5. The average Bonchev–Trinajstić information content (AvgIpc) is 3.29. The van der Waals surface area contributed by atoms with Crippen molar-refractivity contribution in [3.8, 4) is 16.9 Å². The standard InChI is InChI=1S/C24H23ClN4O5/c1-2-34-24(31)16-7-6-12-27(15-16)23(30)22-14-21(19-10-3-4-11-20(19)25)26-28(22)17-8-5-9-18(13-17)29(32)33/h3-5,8-11,13-14,16H,2,6-7,12,15H2,1H3. The van der Waals surface area contributed by atoms with Gasteiger partial charge in [-0.05, 0) is 38.0 Å². The SMILES string of the molecule is CCOC(=O)C1CCCN(C(=O)c2cc(-c3ccccc3Cl)nn2-c2cccc([N+](=O)[O-])c2)C1. The quantitative estimate of drug-likeness (QED) is 0.290. The number of nitro benzene ring substituents is 1. The van der Waals surface area contributed by atoms with Crippen molar-refractivity contribution in [3.05, 3.63) is 75.4 Å². The summed E-state index contributed by atoms with van der Waals surface area (Å²) in [7, 11) is 0. The maximum absolute atomic E-state index is 13.6. The summed E-state index contributed by atoms with van der Waals surface area (Å²) in [5.74, 6) is -1.04. The van der Waals surface area contributed by atoms with E-state index >= 15 is 0 Å². The number of piperidine rings is 1. The van der Waals surface area contributed by atoms with Gasteiger partial charge in [-0.1, -0.05) is 35.9 Å². The Morgan fingerprint density at radius 1 is 1.21 bits per heavy atom. The fourth-order valence-electron chi connectivity index (χ4n) is 4.05. The molecule has 1 atom stereocenters. The van der Waals surface area contributed by atoms with Gasteiger partial charge < -0.3 is 9.64 Å². The number of hydrogen-bond donors (Lipinski definition) is 0. The molecule has 0 aliphatic carbocycles. The van der Waals surface area contributed by atoms with Gasteiger partial charge in [0.25, 0.3) is 11.6 Å². The minimum absolute atomic E-state index is 0.119. The van der Waals surface area contributed by atoms with Crippen LogP contribution in [0, 0.1) is 16.0 Å². The number of rotatable bonds is 6. The number of amides is 1. The van der Waals surface area contributed by atoms with Crippen molar-refractivity contribution in [1.82, 2.24) is 14.7 Å². The summed E-state index contributed by atoms with van der Waals surface area (Å²) in [4.78, 5) is 38.3. The Morgan fingerprint density at radius 3 is 2.74 bits per heavy atom. The van der Waals surface area contributed by atoms with Crippen molar-refractivity contribution in [2.45, 2.75) is 19.8 Å². The molecule has 0 bridgehead atoms. The van der Waals surface area contributed by atoms with E-state index in [4.69, 9.17) is 16.3 Å². The molecule has 1 amide bonds. The third kappa shape index (κ3) is 4.79. The smallest absolute Gasteiger partial charge is 0.310 e. The monoisotopic (exact) mass is 482 g/mol. The first-order valence-electron chi connectivity index (χ1n) is 10.9. The highest BCUT2D eigenvalue weighted by Gasteiger charge is 2.32. The Labute approximate surface area is 201 Å². The summed E-state index contributed by atoms with van der Waals surface area (Å²) in [6.07, 6.45) is 1.31. The normalized spacial score (nSPS) is 15.7. The summed E-state index contributed by atoms with van der Waals surface area (Å²) in [6.45, 7) is 2.75. The molecule has 10 heteroatoms. The maximum Gasteiger partial charge on any atom is 0.310 e. The molecule has 4 rings (SSSR count). The van der Waals surface area contributed by atoms with Gasteiger partial charge in [0.1, 0.15) is 5.69 Å². The molecular formula is C24H23ClN4O5. The number of carbonyl (C=O) groups is 2. The number of non-ortho nitro benzene ring substituents is 1.